The number of aromatic nitrogens is 4. The lowest BCUT2D eigenvalue weighted by molar-refractivity contribution is 0.339. The van der Waals surface area contributed by atoms with Gasteiger partial charge < -0.3 is 10.1 Å². The number of fused-ring (bicyclic) bond motifs is 1. The Balaban J connectivity index is 1.67. The van der Waals surface area contributed by atoms with Crippen LogP contribution >= 0.6 is 0 Å². The van der Waals surface area contributed by atoms with E-state index < -0.39 is 0 Å². The van der Waals surface area contributed by atoms with Gasteiger partial charge in [0.05, 0.1) is 18.7 Å². The van der Waals surface area contributed by atoms with E-state index in [0.717, 1.165) is 12.2 Å². The number of tetrazole rings is 1. The van der Waals surface area contributed by atoms with Crippen LogP contribution in [0.25, 0.3) is 0 Å². The summed E-state index contributed by atoms with van der Waals surface area (Å²) in [5.41, 5.74) is 5.04. The summed E-state index contributed by atoms with van der Waals surface area (Å²) >= 11 is 0. The molecule has 0 aliphatic carbocycles. The van der Waals surface area contributed by atoms with Crippen molar-refractivity contribution in [1.29, 1.82) is 0 Å². The summed E-state index contributed by atoms with van der Waals surface area (Å²) in [6, 6.07) is 15.1. The standard InChI is InChI=1S/C20H23N5O/c1-4-26-17-9-7-15(8-10-17)19-12-18(21-20-22-23-24-25(19)20)16-6-5-13(2)14(3)11-16/h5-11,18-19H,4,12H2,1-3H3,(H,21,22,24)/t18-,19+/m0/s1. The molecule has 1 aliphatic rings. The van der Waals surface area contributed by atoms with Crippen LogP contribution in [0.15, 0.2) is 42.5 Å². The smallest absolute Gasteiger partial charge is 0.243 e. The van der Waals surface area contributed by atoms with E-state index in [1.165, 1.54) is 22.3 Å². The van der Waals surface area contributed by atoms with Crippen molar-refractivity contribution < 1.29 is 4.74 Å². The number of nitrogens with zero attached hydrogens (tertiary/aromatic N) is 4. The number of rotatable bonds is 4. The minimum atomic E-state index is 0.0866. The minimum Gasteiger partial charge on any atom is -0.494 e. The molecule has 0 bridgehead atoms. The minimum absolute atomic E-state index is 0.0866. The molecule has 1 aromatic heterocycles. The Morgan fingerprint density at radius 2 is 1.85 bits per heavy atom. The normalized spacial score (nSPS) is 18.9. The number of aryl methyl sites for hydroxylation is 2. The monoisotopic (exact) mass is 349 g/mol. The second-order valence-electron chi connectivity index (χ2n) is 6.74. The fraction of sp³-hybridized carbons (Fsp3) is 0.350. The highest BCUT2D eigenvalue weighted by Gasteiger charge is 2.30. The van der Waals surface area contributed by atoms with Gasteiger partial charge in [-0.3, -0.25) is 0 Å². The summed E-state index contributed by atoms with van der Waals surface area (Å²) in [6.07, 6.45) is 0.883. The van der Waals surface area contributed by atoms with Crippen molar-refractivity contribution >= 4 is 5.95 Å². The van der Waals surface area contributed by atoms with E-state index in [9.17, 15) is 0 Å². The molecule has 0 radical (unpaired) electrons. The number of hydrogen-bond acceptors (Lipinski definition) is 5. The van der Waals surface area contributed by atoms with E-state index in [2.05, 4.69) is 65.0 Å². The van der Waals surface area contributed by atoms with Gasteiger partial charge in [0.1, 0.15) is 5.75 Å². The van der Waals surface area contributed by atoms with Crippen molar-refractivity contribution in [2.75, 3.05) is 11.9 Å². The van der Waals surface area contributed by atoms with Crippen molar-refractivity contribution in [3.63, 3.8) is 0 Å². The molecule has 134 valence electrons. The van der Waals surface area contributed by atoms with Crippen LogP contribution in [-0.2, 0) is 0 Å². The number of hydrogen-bond donors (Lipinski definition) is 1. The Morgan fingerprint density at radius 1 is 1.08 bits per heavy atom. The Kier molecular flexibility index (Phi) is 4.32. The zero-order valence-electron chi connectivity index (χ0n) is 15.3. The van der Waals surface area contributed by atoms with Crippen molar-refractivity contribution in [1.82, 2.24) is 20.2 Å². The average molecular weight is 349 g/mol. The van der Waals surface area contributed by atoms with Gasteiger partial charge in [0, 0.05) is 0 Å². The fourth-order valence-electron chi connectivity index (χ4n) is 3.47. The molecular weight excluding hydrogens is 326 g/mol. The summed E-state index contributed by atoms with van der Waals surface area (Å²) in [7, 11) is 0. The molecule has 6 nitrogen and oxygen atoms in total. The van der Waals surface area contributed by atoms with Crippen LogP contribution in [0.5, 0.6) is 5.75 Å². The predicted octanol–water partition coefficient (Wildman–Crippen LogP) is 3.83. The molecule has 0 unspecified atom stereocenters. The third-order valence-corrected chi connectivity index (χ3v) is 5.06. The van der Waals surface area contributed by atoms with Gasteiger partial charge in [0.15, 0.2) is 0 Å². The Hall–Kier alpha value is -2.89. The highest BCUT2D eigenvalue weighted by Crippen LogP contribution is 2.37. The van der Waals surface area contributed by atoms with Gasteiger partial charge in [-0.15, -0.1) is 0 Å². The van der Waals surface area contributed by atoms with Crippen LogP contribution in [0, 0.1) is 13.8 Å². The zero-order valence-corrected chi connectivity index (χ0v) is 15.3. The van der Waals surface area contributed by atoms with E-state index in [4.69, 9.17) is 4.74 Å². The molecule has 0 saturated heterocycles. The van der Waals surface area contributed by atoms with Crippen LogP contribution < -0.4 is 10.1 Å². The lowest BCUT2D eigenvalue weighted by atomic mass is 9.92. The highest BCUT2D eigenvalue weighted by atomic mass is 16.5. The van der Waals surface area contributed by atoms with E-state index >= 15 is 0 Å². The molecule has 0 spiro atoms. The van der Waals surface area contributed by atoms with E-state index in [1.54, 1.807) is 0 Å². The third-order valence-electron chi connectivity index (χ3n) is 5.06. The van der Waals surface area contributed by atoms with Crippen molar-refractivity contribution in [3.05, 3.63) is 64.7 Å². The molecule has 2 atom stereocenters. The molecule has 1 N–H and O–H groups in total. The molecule has 3 aromatic rings. The highest BCUT2D eigenvalue weighted by molar-refractivity contribution is 5.40. The summed E-state index contributed by atoms with van der Waals surface area (Å²) in [5.74, 6) is 1.59. The number of ether oxygens (including phenoxy) is 1. The lowest BCUT2D eigenvalue weighted by Crippen LogP contribution is -2.28. The van der Waals surface area contributed by atoms with Gasteiger partial charge in [0.25, 0.3) is 0 Å². The van der Waals surface area contributed by atoms with E-state index in [-0.39, 0.29) is 12.1 Å². The van der Waals surface area contributed by atoms with Crippen molar-refractivity contribution in [2.45, 2.75) is 39.3 Å². The Morgan fingerprint density at radius 3 is 2.58 bits per heavy atom. The SMILES string of the molecule is CCOc1ccc([C@H]2C[C@@H](c3ccc(C)c(C)c3)Nc3nnnn32)cc1. The largest absolute Gasteiger partial charge is 0.494 e. The fourth-order valence-corrected chi connectivity index (χ4v) is 3.47. The average Bonchev–Trinajstić information content (AvgIpc) is 3.13. The Bertz CT molecular complexity index is 903. The molecule has 4 rings (SSSR count). The second-order valence-corrected chi connectivity index (χ2v) is 6.74. The molecule has 2 aromatic carbocycles. The molecule has 0 fully saturated rings. The number of nitrogens with one attached hydrogen (secondary N) is 1. The van der Waals surface area contributed by atoms with Crippen LogP contribution in [0.3, 0.4) is 0 Å². The second kappa shape index (κ2) is 6.78. The van der Waals surface area contributed by atoms with Crippen LogP contribution in [0.2, 0.25) is 0 Å². The predicted molar refractivity (Wildman–Crippen MR) is 100 cm³/mol. The first-order valence-electron chi connectivity index (χ1n) is 9.00. The van der Waals surface area contributed by atoms with Crippen molar-refractivity contribution in [2.24, 2.45) is 0 Å². The first kappa shape index (κ1) is 16.6. The molecule has 6 heteroatoms. The van der Waals surface area contributed by atoms with Crippen LogP contribution in [0.1, 0.15) is 47.7 Å². The van der Waals surface area contributed by atoms with Gasteiger partial charge >= 0.3 is 0 Å². The van der Waals surface area contributed by atoms with Crippen LogP contribution in [-0.4, -0.2) is 26.8 Å². The van der Waals surface area contributed by atoms with Crippen molar-refractivity contribution in [3.8, 4) is 5.75 Å². The molecule has 0 amide bonds. The van der Waals surface area contributed by atoms with Gasteiger partial charge in [0.2, 0.25) is 5.95 Å². The topological polar surface area (TPSA) is 64.9 Å². The zero-order chi connectivity index (χ0) is 18.1. The quantitative estimate of drug-likeness (QED) is 0.775. The lowest BCUT2D eigenvalue weighted by Gasteiger charge is -2.31. The van der Waals surface area contributed by atoms with E-state index in [0.29, 0.717) is 12.6 Å². The third kappa shape index (κ3) is 3.03. The molecule has 0 saturated carbocycles. The van der Waals surface area contributed by atoms with Gasteiger partial charge in [-0.1, -0.05) is 35.4 Å². The maximum absolute atomic E-state index is 5.56. The maximum atomic E-state index is 5.56. The molecule has 26 heavy (non-hydrogen) atoms. The number of benzene rings is 2. The first-order chi connectivity index (χ1) is 12.7. The molecular formula is C20H23N5O. The number of anilines is 1. The maximum Gasteiger partial charge on any atom is 0.243 e. The van der Waals surface area contributed by atoms with E-state index in [1.807, 2.05) is 23.7 Å². The summed E-state index contributed by atoms with van der Waals surface area (Å²) in [5, 5.41) is 15.7. The molecule has 1 aliphatic heterocycles. The van der Waals surface area contributed by atoms with Crippen LogP contribution in [0.4, 0.5) is 5.95 Å². The van der Waals surface area contributed by atoms with Gasteiger partial charge in [-0.2, -0.15) is 0 Å². The summed E-state index contributed by atoms with van der Waals surface area (Å²) in [4.78, 5) is 0. The summed E-state index contributed by atoms with van der Waals surface area (Å²) < 4.78 is 7.43. The van der Waals surface area contributed by atoms with Gasteiger partial charge in [-0.05, 0) is 72.0 Å². The molecule has 2 heterocycles. The first-order valence-corrected chi connectivity index (χ1v) is 9.00. The van der Waals surface area contributed by atoms with Gasteiger partial charge in [-0.25, -0.2) is 4.68 Å². The Labute approximate surface area is 153 Å². The summed E-state index contributed by atoms with van der Waals surface area (Å²) in [6.45, 7) is 6.94.